The predicted octanol–water partition coefficient (Wildman–Crippen LogP) is 3.22. The lowest BCUT2D eigenvalue weighted by Gasteiger charge is -2.19. The molecule has 0 amide bonds. The van der Waals surface area contributed by atoms with Crippen LogP contribution in [0.1, 0.15) is 41.2 Å². The minimum absolute atomic E-state index is 0.0431. The Morgan fingerprint density at radius 1 is 1.27 bits per heavy atom. The summed E-state index contributed by atoms with van der Waals surface area (Å²) in [5, 5.41) is 3.14. The van der Waals surface area contributed by atoms with Crippen LogP contribution >= 0.6 is 0 Å². The van der Waals surface area contributed by atoms with E-state index in [2.05, 4.69) is 15.3 Å². The number of halogens is 3. The minimum atomic E-state index is -4.47. The maximum absolute atomic E-state index is 13.0. The molecule has 1 aromatic heterocycles. The second-order valence-corrected chi connectivity index (χ2v) is 6.83. The van der Waals surface area contributed by atoms with Crippen LogP contribution in [0, 0.1) is 6.92 Å². The summed E-state index contributed by atoms with van der Waals surface area (Å²) in [6.45, 7) is 4.25. The van der Waals surface area contributed by atoms with Crippen LogP contribution in [0.15, 0.2) is 18.2 Å². The maximum Gasteiger partial charge on any atom is 0.591 e. The van der Waals surface area contributed by atoms with Crippen molar-refractivity contribution in [1.82, 2.24) is 14.3 Å². The molecule has 3 N–H and O–H groups in total. The first kappa shape index (κ1) is 18.5. The summed E-state index contributed by atoms with van der Waals surface area (Å²) in [7, 11) is 0. The fourth-order valence-corrected chi connectivity index (χ4v) is 3.26. The number of benzene rings is 1. The molecule has 138 valence electrons. The van der Waals surface area contributed by atoms with Gasteiger partial charge in [-0.1, -0.05) is 0 Å². The Morgan fingerprint density at radius 3 is 2.65 bits per heavy atom. The third-order valence-corrected chi connectivity index (χ3v) is 4.60. The molecule has 3 rings (SSSR count). The summed E-state index contributed by atoms with van der Waals surface area (Å²) >= 11 is 0.372. The second-order valence-electron chi connectivity index (χ2n) is 6.17. The molecule has 0 radical (unpaired) electrons. The SMILES string of the molecule is Cc1nc2c(c(N[C@H](C)c3cc(N)cc(C(F)(F)F)c3)n1)CN([S+]=O)C2. The minimum Gasteiger partial charge on any atom is -0.399 e. The molecule has 0 fully saturated rings. The number of alkyl halides is 3. The number of aryl methyl sites for hydroxylation is 1. The molecule has 1 atom stereocenters. The van der Waals surface area contributed by atoms with Crippen molar-refractivity contribution in [2.75, 3.05) is 11.1 Å². The second kappa shape index (κ2) is 6.76. The fraction of sp³-hybridized carbons (Fsp3) is 0.375. The number of nitrogen functional groups attached to an aromatic ring is 1. The Labute approximate surface area is 152 Å². The van der Waals surface area contributed by atoms with E-state index in [0.717, 1.165) is 23.4 Å². The van der Waals surface area contributed by atoms with Gasteiger partial charge < -0.3 is 11.1 Å². The summed E-state index contributed by atoms with van der Waals surface area (Å²) in [4.78, 5) is 8.70. The third-order valence-electron chi connectivity index (χ3n) is 4.13. The van der Waals surface area contributed by atoms with E-state index in [1.54, 1.807) is 18.2 Å². The van der Waals surface area contributed by atoms with Crippen LogP contribution < -0.4 is 11.1 Å². The molecule has 26 heavy (non-hydrogen) atoms. The summed E-state index contributed by atoms with van der Waals surface area (Å²) < 4.78 is 51.7. The zero-order valence-electron chi connectivity index (χ0n) is 14.1. The number of nitrogens with two attached hydrogens (primary N) is 1. The molecule has 1 aromatic carbocycles. The van der Waals surface area contributed by atoms with E-state index >= 15 is 0 Å². The van der Waals surface area contributed by atoms with Crippen molar-refractivity contribution < 1.29 is 17.4 Å². The molecule has 0 saturated carbocycles. The Balaban J connectivity index is 1.91. The van der Waals surface area contributed by atoms with Crippen molar-refractivity contribution in [1.29, 1.82) is 0 Å². The highest BCUT2D eigenvalue weighted by Gasteiger charge is 2.34. The van der Waals surface area contributed by atoms with Gasteiger partial charge in [0.1, 0.15) is 18.2 Å². The van der Waals surface area contributed by atoms with E-state index in [-0.39, 0.29) is 5.69 Å². The zero-order chi connectivity index (χ0) is 19.1. The standard InChI is InChI=1S/C16H17F3N5OS/c1-8(10-3-11(16(17,18)19)5-12(20)4-10)21-15-13-6-24(26-25)7-14(13)22-9(2)23-15/h3-5,8H,6-7,20H2,1-2H3,(H,21,22,23)/q+1/t8-/m1/s1. The average molecular weight is 384 g/mol. The Kier molecular flexibility index (Phi) is 4.80. The topological polar surface area (TPSA) is 84.1 Å². The van der Waals surface area contributed by atoms with Gasteiger partial charge in [-0.2, -0.15) is 13.2 Å². The van der Waals surface area contributed by atoms with Crippen LogP contribution in [0.25, 0.3) is 0 Å². The Hall–Kier alpha value is -2.33. The van der Waals surface area contributed by atoms with Gasteiger partial charge in [0.2, 0.25) is 0 Å². The normalized spacial score (nSPS) is 15.6. The summed E-state index contributed by atoms with van der Waals surface area (Å²) in [5.41, 5.74) is 6.82. The van der Waals surface area contributed by atoms with Crippen LogP contribution in [-0.4, -0.2) is 14.3 Å². The number of rotatable bonds is 4. The molecular weight excluding hydrogens is 367 g/mol. The van der Waals surface area contributed by atoms with E-state index in [1.165, 1.54) is 6.07 Å². The fourth-order valence-electron chi connectivity index (χ4n) is 2.90. The van der Waals surface area contributed by atoms with Crippen LogP contribution in [0.2, 0.25) is 0 Å². The van der Waals surface area contributed by atoms with Gasteiger partial charge in [0.25, 0.3) is 0 Å². The van der Waals surface area contributed by atoms with Crippen LogP contribution in [0.4, 0.5) is 24.7 Å². The Morgan fingerprint density at radius 2 is 2.00 bits per heavy atom. The maximum atomic E-state index is 13.0. The highest BCUT2D eigenvalue weighted by molar-refractivity contribution is 7.62. The number of hydrogen-bond acceptors (Lipinski definition) is 5. The van der Waals surface area contributed by atoms with E-state index in [9.17, 15) is 17.4 Å². The average Bonchev–Trinajstić information content (AvgIpc) is 2.96. The van der Waals surface area contributed by atoms with Crippen molar-refractivity contribution in [2.24, 2.45) is 0 Å². The summed E-state index contributed by atoms with van der Waals surface area (Å²) in [5.74, 6) is 1.05. The molecule has 0 spiro atoms. The van der Waals surface area contributed by atoms with Gasteiger partial charge in [-0.25, -0.2) is 9.97 Å². The van der Waals surface area contributed by atoms with Gasteiger partial charge in [-0.05, 0) is 41.9 Å². The van der Waals surface area contributed by atoms with Crippen molar-refractivity contribution in [3.63, 3.8) is 0 Å². The number of hydrogen-bond donors (Lipinski definition) is 2. The number of aromatic nitrogens is 2. The molecule has 0 unspecified atom stereocenters. The lowest BCUT2D eigenvalue weighted by Crippen LogP contribution is -2.14. The first-order valence-electron chi connectivity index (χ1n) is 7.83. The van der Waals surface area contributed by atoms with Crippen LogP contribution in [0.5, 0.6) is 0 Å². The largest absolute Gasteiger partial charge is 0.591 e. The van der Waals surface area contributed by atoms with E-state index in [4.69, 9.17) is 5.73 Å². The Bertz CT molecular complexity index is 859. The first-order chi connectivity index (χ1) is 12.2. The van der Waals surface area contributed by atoms with Gasteiger partial charge in [0, 0.05) is 11.3 Å². The van der Waals surface area contributed by atoms with Crippen molar-refractivity contribution in [3.8, 4) is 0 Å². The molecule has 0 aliphatic carbocycles. The molecule has 2 aromatic rings. The van der Waals surface area contributed by atoms with Gasteiger partial charge in [0.15, 0.2) is 0 Å². The highest BCUT2D eigenvalue weighted by atomic mass is 32.2. The zero-order valence-corrected chi connectivity index (χ0v) is 14.9. The molecule has 0 bridgehead atoms. The lowest BCUT2D eigenvalue weighted by atomic mass is 10.0. The predicted molar refractivity (Wildman–Crippen MR) is 92.0 cm³/mol. The summed E-state index contributed by atoms with van der Waals surface area (Å²) in [6.07, 6.45) is -4.47. The van der Waals surface area contributed by atoms with Crippen molar-refractivity contribution >= 4 is 23.4 Å². The van der Waals surface area contributed by atoms with Gasteiger partial charge in [-0.3, -0.25) is 0 Å². The monoisotopic (exact) mass is 384 g/mol. The summed E-state index contributed by atoms with van der Waals surface area (Å²) in [6, 6.07) is 3.02. The highest BCUT2D eigenvalue weighted by Crippen LogP contribution is 2.34. The molecule has 0 saturated heterocycles. The van der Waals surface area contributed by atoms with Crippen molar-refractivity contribution in [2.45, 2.75) is 39.2 Å². The number of nitrogens with zero attached hydrogens (tertiary/aromatic N) is 3. The third kappa shape index (κ3) is 3.75. The molecule has 1 aliphatic heterocycles. The smallest absolute Gasteiger partial charge is 0.399 e. The van der Waals surface area contributed by atoms with E-state index in [1.807, 2.05) is 0 Å². The van der Waals surface area contributed by atoms with Gasteiger partial charge in [0.05, 0.1) is 28.1 Å². The molecule has 10 heteroatoms. The molecule has 2 heterocycles. The van der Waals surface area contributed by atoms with Crippen LogP contribution in [-0.2, 0) is 35.3 Å². The number of nitrogens with one attached hydrogen (secondary N) is 1. The molecular formula is C16H17F3N5OS+. The van der Waals surface area contributed by atoms with E-state index in [0.29, 0.717) is 42.1 Å². The van der Waals surface area contributed by atoms with Gasteiger partial charge in [-0.15, -0.1) is 0 Å². The number of anilines is 2. The molecule has 6 nitrogen and oxygen atoms in total. The first-order valence-corrected chi connectivity index (χ1v) is 8.52. The quantitative estimate of drug-likeness (QED) is 0.480. The van der Waals surface area contributed by atoms with Crippen LogP contribution in [0.3, 0.4) is 0 Å². The number of fused-ring (bicyclic) bond motifs is 1. The van der Waals surface area contributed by atoms with Crippen molar-refractivity contribution in [3.05, 3.63) is 46.4 Å². The van der Waals surface area contributed by atoms with Gasteiger partial charge >= 0.3 is 18.0 Å². The molecule has 1 aliphatic rings. The van der Waals surface area contributed by atoms with E-state index < -0.39 is 17.8 Å². The lowest BCUT2D eigenvalue weighted by molar-refractivity contribution is -0.137.